The van der Waals surface area contributed by atoms with E-state index in [0.29, 0.717) is 5.69 Å². The van der Waals surface area contributed by atoms with Gasteiger partial charge in [0.2, 0.25) is 5.91 Å². The zero-order valence-electron chi connectivity index (χ0n) is 11.3. The second-order valence-electron chi connectivity index (χ2n) is 4.50. The molecular formula is C12H22N4O. The Morgan fingerprint density at radius 2 is 2.12 bits per heavy atom. The monoisotopic (exact) mass is 238 g/mol. The van der Waals surface area contributed by atoms with Gasteiger partial charge in [0.1, 0.15) is 6.54 Å². The molecule has 0 radical (unpaired) electrons. The maximum atomic E-state index is 12.0. The summed E-state index contributed by atoms with van der Waals surface area (Å²) >= 11 is 0. The Labute approximate surface area is 103 Å². The number of amides is 1. The van der Waals surface area contributed by atoms with Gasteiger partial charge < -0.3 is 10.6 Å². The standard InChI is InChI=1S/C12H22N4O/c1-6-8(2)15(5)11(17)7-16-10(4)12(13)9(3)14-16/h8H,6-7,13H2,1-5H3. The molecule has 1 atom stereocenters. The first-order chi connectivity index (χ1) is 7.88. The largest absolute Gasteiger partial charge is 0.396 e. The number of anilines is 1. The molecule has 96 valence electrons. The lowest BCUT2D eigenvalue weighted by molar-refractivity contribution is -0.132. The Morgan fingerprint density at radius 1 is 1.53 bits per heavy atom. The molecule has 0 saturated carbocycles. The predicted molar refractivity (Wildman–Crippen MR) is 68.6 cm³/mol. The van der Waals surface area contributed by atoms with Crippen LogP contribution in [0.25, 0.3) is 0 Å². The molecule has 0 fully saturated rings. The number of nitrogens with zero attached hydrogens (tertiary/aromatic N) is 3. The van der Waals surface area contributed by atoms with Crippen LogP contribution in [0.15, 0.2) is 0 Å². The molecule has 1 aromatic heterocycles. The first-order valence-corrected chi connectivity index (χ1v) is 5.93. The van der Waals surface area contributed by atoms with Crippen molar-refractivity contribution in [2.45, 2.75) is 46.7 Å². The average molecular weight is 238 g/mol. The van der Waals surface area contributed by atoms with Crippen LogP contribution in [0.2, 0.25) is 0 Å². The first kappa shape index (κ1) is 13.5. The third-order valence-electron chi connectivity index (χ3n) is 3.37. The molecule has 2 N–H and O–H groups in total. The van der Waals surface area contributed by atoms with Gasteiger partial charge in [-0.25, -0.2) is 0 Å². The van der Waals surface area contributed by atoms with E-state index in [2.05, 4.69) is 12.0 Å². The second-order valence-corrected chi connectivity index (χ2v) is 4.50. The Bertz CT molecular complexity index is 411. The van der Waals surface area contributed by atoms with E-state index < -0.39 is 0 Å². The smallest absolute Gasteiger partial charge is 0.244 e. The van der Waals surface area contributed by atoms with E-state index in [4.69, 9.17) is 5.73 Å². The number of aryl methyl sites for hydroxylation is 1. The maximum absolute atomic E-state index is 12.0. The average Bonchev–Trinajstić information content (AvgIpc) is 2.55. The Hall–Kier alpha value is -1.52. The molecule has 0 aliphatic carbocycles. The minimum atomic E-state index is 0.0601. The van der Waals surface area contributed by atoms with Gasteiger partial charge in [0.05, 0.1) is 17.1 Å². The van der Waals surface area contributed by atoms with E-state index in [0.717, 1.165) is 17.8 Å². The number of nitrogens with two attached hydrogens (primary N) is 1. The molecule has 1 rings (SSSR count). The van der Waals surface area contributed by atoms with Gasteiger partial charge in [-0.05, 0) is 27.2 Å². The predicted octanol–water partition coefficient (Wildman–Crippen LogP) is 1.34. The van der Waals surface area contributed by atoms with Gasteiger partial charge in [-0.3, -0.25) is 9.48 Å². The lowest BCUT2D eigenvalue weighted by Crippen LogP contribution is -2.37. The van der Waals surface area contributed by atoms with Crippen LogP contribution in [-0.2, 0) is 11.3 Å². The Kier molecular flexibility index (Phi) is 4.15. The molecule has 0 spiro atoms. The third-order valence-corrected chi connectivity index (χ3v) is 3.37. The summed E-state index contributed by atoms with van der Waals surface area (Å²) in [6.45, 7) is 8.08. The summed E-state index contributed by atoms with van der Waals surface area (Å²) < 4.78 is 1.67. The van der Waals surface area contributed by atoms with Crippen LogP contribution >= 0.6 is 0 Å². The Morgan fingerprint density at radius 3 is 2.53 bits per heavy atom. The lowest BCUT2D eigenvalue weighted by atomic mass is 10.2. The van der Waals surface area contributed by atoms with Crippen LogP contribution in [0.5, 0.6) is 0 Å². The number of hydrogen-bond donors (Lipinski definition) is 1. The SMILES string of the molecule is CCC(C)N(C)C(=O)Cn1nc(C)c(N)c1C. The highest BCUT2D eigenvalue weighted by Gasteiger charge is 2.17. The summed E-state index contributed by atoms with van der Waals surface area (Å²) in [5.74, 6) is 0.0601. The van der Waals surface area contributed by atoms with Crippen LogP contribution in [0.4, 0.5) is 5.69 Å². The van der Waals surface area contributed by atoms with Gasteiger partial charge >= 0.3 is 0 Å². The van der Waals surface area contributed by atoms with Crippen molar-refractivity contribution in [2.75, 3.05) is 12.8 Å². The number of hydrogen-bond acceptors (Lipinski definition) is 3. The van der Waals surface area contributed by atoms with E-state index in [-0.39, 0.29) is 18.5 Å². The molecule has 0 saturated heterocycles. The summed E-state index contributed by atoms with van der Waals surface area (Å²) in [7, 11) is 1.82. The third kappa shape index (κ3) is 2.78. The minimum Gasteiger partial charge on any atom is -0.396 e. The number of likely N-dealkylation sites (N-methyl/N-ethyl adjacent to an activating group) is 1. The molecule has 17 heavy (non-hydrogen) atoms. The van der Waals surface area contributed by atoms with Gasteiger partial charge in [0, 0.05) is 13.1 Å². The highest BCUT2D eigenvalue weighted by atomic mass is 16.2. The highest BCUT2D eigenvalue weighted by Crippen LogP contribution is 2.15. The maximum Gasteiger partial charge on any atom is 0.244 e. The quantitative estimate of drug-likeness (QED) is 0.861. The van der Waals surface area contributed by atoms with Crippen molar-refractivity contribution in [3.05, 3.63) is 11.4 Å². The number of carbonyl (C=O) groups is 1. The molecule has 1 heterocycles. The fourth-order valence-corrected chi connectivity index (χ4v) is 1.62. The summed E-state index contributed by atoms with van der Waals surface area (Å²) in [5.41, 5.74) is 8.14. The fourth-order valence-electron chi connectivity index (χ4n) is 1.62. The minimum absolute atomic E-state index is 0.0601. The van der Waals surface area contributed by atoms with Crippen LogP contribution in [0.3, 0.4) is 0 Å². The van der Waals surface area contributed by atoms with Crippen molar-refractivity contribution in [2.24, 2.45) is 0 Å². The number of nitrogen functional groups attached to an aromatic ring is 1. The summed E-state index contributed by atoms with van der Waals surface area (Å²) in [4.78, 5) is 13.8. The van der Waals surface area contributed by atoms with E-state index in [1.807, 2.05) is 27.8 Å². The molecule has 0 aromatic carbocycles. The van der Waals surface area contributed by atoms with Gasteiger partial charge in [0.15, 0.2) is 0 Å². The van der Waals surface area contributed by atoms with Crippen molar-refractivity contribution in [1.29, 1.82) is 0 Å². The molecule has 5 heteroatoms. The first-order valence-electron chi connectivity index (χ1n) is 5.93. The molecule has 1 aromatic rings. The summed E-state index contributed by atoms with van der Waals surface area (Å²) in [6, 6.07) is 0.247. The highest BCUT2D eigenvalue weighted by molar-refractivity contribution is 5.76. The summed E-state index contributed by atoms with van der Waals surface area (Å²) in [6.07, 6.45) is 0.946. The van der Waals surface area contributed by atoms with Gasteiger partial charge in [0.25, 0.3) is 0 Å². The summed E-state index contributed by atoms with van der Waals surface area (Å²) in [5, 5.41) is 4.26. The topological polar surface area (TPSA) is 64.2 Å². The van der Waals surface area contributed by atoms with Crippen LogP contribution < -0.4 is 5.73 Å². The fraction of sp³-hybridized carbons (Fsp3) is 0.667. The van der Waals surface area contributed by atoms with Crippen molar-refractivity contribution >= 4 is 11.6 Å². The molecule has 5 nitrogen and oxygen atoms in total. The second kappa shape index (κ2) is 5.21. The zero-order chi connectivity index (χ0) is 13.2. The molecular weight excluding hydrogens is 216 g/mol. The molecule has 0 aliphatic heterocycles. The van der Waals surface area contributed by atoms with Crippen LogP contribution in [-0.4, -0.2) is 33.7 Å². The van der Waals surface area contributed by atoms with E-state index in [9.17, 15) is 4.79 Å². The number of carbonyl (C=O) groups excluding carboxylic acids is 1. The number of rotatable bonds is 4. The van der Waals surface area contributed by atoms with E-state index in [1.54, 1.807) is 9.58 Å². The van der Waals surface area contributed by atoms with Crippen molar-refractivity contribution in [3.8, 4) is 0 Å². The van der Waals surface area contributed by atoms with Gasteiger partial charge in [-0.1, -0.05) is 6.92 Å². The van der Waals surface area contributed by atoms with Crippen LogP contribution in [0, 0.1) is 13.8 Å². The lowest BCUT2D eigenvalue weighted by Gasteiger charge is -2.24. The molecule has 1 unspecified atom stereocenters. The van der Waals surface area contributed by atoms with Gasteiger partial charge in [-0.2, -0.15) is 5.10 Å². The van der Waals surface area contributed by atoms with Crippen molar-refractivity contribution in [1.82, 2.24) is 14.7 Å². The normalized spacial score (nSPS) is 12.5. The van der Waals surface area contributed by atoms with Crippen LogP contribution in [0.1, 0.15) is 31.7 Å². The number of aromatic nitrogens is 2. The van der Waals surface area contributed by atoms with Crippen molar-refractivity contribution < 1.29 is 4.79 Å². The molecule has 0 bridgehead atoms. The van der Waals surface area contributed by atoms with E-state index >= 15 is 0 Å². The van der Waals surface area contributed by atoms with E-state index in [1.165, 1.54) is 0 Å². The zero-order valence-corrected chi connectivity index (χ0v) is 11.3. The molecule has 1 amide bonds. The van der Waals surface area contributed by atoms with Crippen molar-refractivity contribution in [3.63, 3.8) is 0 Å². The Balaban J connectivity index is 2.78. The van der Waals surface area contributed by atoms with Gasteiger partial charge in [-0.15, -0.1) is 0 Å². The molecule has 0 aliphatic rings.